The predicted octanol–water partition coefficient (Wildman–Crippen LogP) is 4.39. The molecule has 0 radical (unpaired) electrons. The normalized spacial score (nSPS) is 15.0. The lowest BCUT2D eigenvalue weighted by atomic mass is 10.2. The highest BCUT2D eigenvalue weighted by Crippen LogP contribution is 2.22. The minimum Gasteiger partial charge on any atom is -0.481 e. The number of anilines is 2. The third-order valence-corrected chi connectivity index (χ3v) is 4.57. The van der Waals surface area contributed by atoms with Gasteiger partial charge < -0.3 is 15.0 Å². The summed E-state index contributed by atoms with van der Waals surface area (Å²) in [4.78, 5) is 14.9. The summed E-state index contributed by atoms with van der Waals surface area (Å²) < 4.78 is 5.84. The van der Waals surface area contributed by atoms with E-state index in [1.54, 1.807) is 0 Å². The fraction of sp³-hybridized carbons (Fsp3) is 0.381. The van der Waals surface area contributed by atoms with Crippen molar-refractivity contribution in [3.8, 4) is 5.75 Å². The van der Waals surface area contributed by atoms with E-state index >= 15 is 0 Å². The highest BCUT2D eigenvalue weighted by molar-refractivity contribution is 5.94. The van der Waals surface area contributed by atoms with E-state index in [1.807, 2.05) is 50.2 Å². The SMILES string of the molecule is CCC(Oc1ccc(C)cc1)C(=O)Nc1ccc(N2CCCC2)cc1. The highest BCUT2D eigenvalue weighted by atomic mass is 16.5. The van der Waals surface area contributed by atoms with Crippen molar-refractivity contribution in [2.45, 2.75) is 39.2 Å². The number of carbonyl (C=O) groups is 1. The van der Waals surface area contributed by atoms with Crippen LogP contribution in [0.1, 0.15) is 31.7 Å². The van der Waals surface area contributed by atoms with Gasteiger partial charge >= 0.3 is 0 Å². The van der Waals surface area contributed by atoms with E-state index in [-0.39, 0.29) is 5.91 Å². The van der Waals surface area contributed by atoms with E-state index in [4.69, 9.17) is 4.74 Å². The van der Waals surface area contributed by atoms with Crippen LogP contribution in [0.25, 0.3) is 0 Å². The summed E-state index contributed by atoms with van der Waals surface area (Å²) in [6, 6.07) is 15.8. The molecule has 1 N–H and O–H groups in total. The minimum absolute atomic E-state index is 0.114. The zero-order valence-corrected chi connectivity index (χ0v) is 15.0. The lowest BCUT2D eigenvalue weighted by Gasteiger charge is -2.19. The number of amides is 1. The van der Waals surface area contributed by atoms with Gasteiger partial charge in [0.2, 0.25) is 0 Å². The number of hydrogen-bond acceptors (Lipinski definition) is 3. The van der Waals surface area contributed by atoms with Gasteiger partial charge in [0.15, 0.2) is 6.10 Å². The van der Waals surface area contributed by atoms with Gasteiger partial charge in [0, 0.05) is 24.5 Å². The number of nitrogens with zero attached hydrogens (tertiary/aromatic N) is 1. The molecule has 1 amide bonds. The summed E-state index contributed by atoms with van der Waals surface area (Å²) in [5.41, 5.74) is 3.19. The van der Waals surface area contributed by atoms with E-state index in [9.17, 15) is 4.79 Å². The van der Waals surface area contributed by atoms with Crippen molar-refractivity contribution in [2.24, 2.45) is 0 Å². The first-order chi connectivity index (χ1) is 12.2. The predicted molar refractivity (Wildman–Crippen MR) is 102 cm³/mol. The molecule has 25 heavy (non-hydrogen) atoms. The van der Waals surface area contributed by atoms with E-state index in [0.717, 1.165) is 24.5 Å². The molecular weight excluding hydrogens is 312 g/mol. The zero-order chi connectivity index (χ0) is 17.6. The topological polar surface area (TPSA) is 41.6 Å². The van der Waals surface area contributed by atoms with Crippen molar-refractivity contribution in [3.63, 3.8) is 0 Å². The van der Waals surface area contributed by atoms with Crippen LogP contribution in [0.3, 0.4) is 0 Å². The molecule has 3 rings (SSSR count). The van der Waals surface area contributed by atoms with E-state index in [0.29, 0.717) is 6.42 Å². The molecule has 1 saturated heterocycles. The first kappa shape index (κ1) is 17.3. The standard InChI is InChI=1S/C21H26N2O2/c1-3-20(25-19-12-6-16(2)7-13-19)21(24)22-17-8-10-18(11-9-17)23-14-4-5-15-23/h6-13,20H,3-5,14-15H2,1-2H3,(H,22,24). The van der Waals surface area contributed by atoms with Gasteiger partial charge in [0.25, 0.3) is 5.91 Å². The molecule has 4 heteroatoms. The number of rotatable bonds is 6. The average Bonchev–Trinajstić information content (AvgIpc) is 3.16. The van der Waals surface area contributed by atoms with Crippen molar-refractivity contribution in [1.82, 2.24) is 0 Å². The lowest BCUT2D eigenvalue weighted by molar-refractivity contribution is -0.122. The van der Waals surface area contributed by atoms with Gasteiger partial charge in [-0.25, -0.2) is 0 Å². The summed E-state index contributed by atoms with van der Waals surface area (Å²) in [5, 5.41) is 2.96. The average molecular weight is 338 g/mol. The number of carbonyl (C=O) groups excluding carboxylic acids is 1. The molecule has 2 aromatic carbocycles. The van der Waals surface area contributed by atoms with Gasteiger partial charge in [-0.2, -0.15) is 0 Å². The summed E-state index contributed by atoms with van der Waals surface area (Å²) in [5.74, 6) is 0.606. The molecule has 132 valence electrons. The molecule has 0 bridgehead atoms. The number of ether oxygens (including phenoxy) is 1. The van der Waals surface area contributed by atoms with Crippen LogP contribution in [-0.2, 0) is 4.79 Å². The Morgan fingerprint density at radius 1 is 1.08 bits per heavy atom. The lowest BCUT2D eigenvalue weighted by Crippen LogP contribution is -2.32. The van der Waals surface area contributed by atoms with Crippen LogP contribution in [0, 0.1) is 6.92 Å². The van der Waals surface area contributed by atoms with Crippen LogP contribution in [-0.4, -0.2) is 25.1 Å². The van der Waals surface area contributed by atoms with Crippen LogP contribution in [0.5, 0.6) is 5.75 Å². The molecule has 1 aliphatic heterocycles. The number of hydrogen-bond donors (Lipinski definition) is 1. The van der Waals surface area contributed by atoms with Crippen LogP contribution in [0.15, 0.2) is 48.5 Å². The Hall–Kier alpha value is -2.49. The molecule has 0 saturated carbocycles. The van der Waals surface area contributed by atoms with Gasteiger partial charge in [-0.3, -0.25) is 4.79 Å². The maximum absolute atomic E-state index is 12.5. The molecule has 0 aromatic heterocycles. The monoisotopic (exact) mass is 338 g/mol. The minimum atomic E-state index is -0.499. The first-order valence-electron chi connectivity index (χ1n) is 9.05. The summed E-state index contributed by atoms with van der Waals surface area (Å²) in [6.45, 7) is 6.22. The molecule has 2 aromatic rings. The second-order valence-electron chi connectivity index (χ2n) is 6.56. The number of aryl methyl sites for hydroxylation is 1. The summed E-state index contributed by atoms with van der Waals surface area (Å²) >= 11 is 0. The van der Waals surface area contributed by atoms with E-state index in [1.165, 1.54) is 24.1 Å². The van der Waals surface area contributed by atoms with Gasteiger partial charge in [0.1, 0.15) is 5.75 Å². The van der Waals surface area contributed by atoms with Crippen LogP contribution < -0.4 is 15.0 Å². The molecule has 1 heterocycles. The second-order valence-corrected chi connectivity index (χ2v) is 6.56. The van der Waals surface area contributed by atoms with Gasteiger partial charge in [-0.15, -0.1) is 0 Å². The van der Waals surface area contributed by atoms with E-state index in [2.05, 4.69) is 22.3 Å². The third-order valence-electron chi connectivity index (χ3n) is 4.57. The first-order valence-corrected chi connectivity index (χ1v) is 9.05. The van der Waals surface area contributed by atoms with Gasteiger partial charge in [-0.05, 0) is 62.6 Å². The molecule has 1 unspecified atom stereocenters. The van der Waals surface area contributed by atoms with Crippen LogP contribution in [0.4, 0.5) is 11.4 Å². The Morgan fingerprint density at radius 3 is 2.32 bits per heavy atom. The van der Waals surface area contributed by atoms with Crippen molar-refractivity contribution >= 4 is 17.3 Å². The van der Waals surface area contributed by atoms with Crippen molar-refractivity contribution < 1.29 is 9.53 Å². The maximum atomic E-state index is 12.5. The van der Waals surface area contributed by atoms with Crippen molar-refractivity contribution in [1.29, 1.82) is 0 Å². The van der Waals surface area contributed by atoms with Gasteiger partial charge in [-0.1, -0.05) is 24.6 Å². The Morgan fingerprint density at radius 2 is 1.72 bits per heavy atom. The number of benzene rings is 2. The Labute approximate surface area is 149 Å². The molecule has 1 fully saturated rings. The molecule has 0 aliphatic carbocycles. The fourth-order valence-electron chi connectivity index (χ4n) is 3.06. The Bertz CT molecular complexity index is 689. The smallest absolute Gasteiger partial charge is 0.265 e. The van der Waals surface area contributed by atoms with E-state index < -0.39 is 6.10 Å². The van der Waals surface area contributed by atoms with Gasteiger partial charge in [0.05, 0.1) is 0 Å². The number of nitrogens with one attached hydrogen (secondary N) is 1. The van der Waals surface area contributed by atoms with Crippen molar-refractivity contribution in [2.75, 3.05) is 23.3 Å². The van der Waals surface area contributed by atoms with Crippen molar-refractivity contribution in [3.05, 3.63) is 54.1 Å². The fourth-order valence-corrected chi connectivity index (χ4v) is 3.06. The quantitative estimate of drug-likeness (QED) is 0.849. The molecule has 4 nitrogen and oxygen atoms in total. The molecule has 1 atom stereocenters. The maximum Gasteiger partial charge on any atom is 0.265 e. The highest BCUT2D eigenvalue weighted by Gasteiger charge is 2.19. The summed E-state index contributed by atoms with van der Waals surface area (Å²) in [6.07, 6.45) is 2.63. The second kappa shape index (κ2) is 8.06. The summed E-state index contributed by atoms with van der Waals surface area (Å²) in [7, 11) is 0. The van der Waals surface area contributed by atoms with Crippen LogP contribution >= 0.6 is 0 Å². The molecule has 0 spiro atoms. The Balaban J connectivity index is 1.60. The zero-order valence-electron chi connectivity index (χ0n) is 15.0. The third kappa shape index (κ3) is 4.53. The largest absolute Gasteiger partial charge is 0.481 e. The molecule has 1 aliphatic rings. The Kier molecular flexibility index (Phi) is 5.59. The van der Waals surface area contributed by atoms with Crippen LogP contribution in [0.2, 0.25) is 0 Å². The molecular formula is C21H26N2O2.